The zero-order valence-corrected chi connectivity index (χ0v) is 11.5. The lowest BCUT2D eigenvalue weighted by Gasteiger charge is -2.07. The van der Waals surface area contributed by atoms with Gasteiger partial charge in [0.2, 0.25) is 0 Å². The molecule has 0 radical (unpaired) electrons. The molecule has 0 aliphatic carbocycles. The summed E-state index contributed by atoms with van der Waals surface area (Å²) in [6, 6.07) is 8.32. The highest BCUT2D eigenvalue weighted by Crippen LogP contribution is 2.26. The molecule has 0 bridgehead atoms. The number of nitrogens with zero attached hydrogens (tertiary/aromatic N) is 2. The van der Waals surface area contributed by atoms with Crippen LogP contribution in [0.2, 0.25) is 0 Å². The molecule has 0 saturated heterocycles. The van der Waals surface area contributed by atoms with Crippen LogP contribution >= 0.6 is 11.8 Å². The summed E-state index contributed by atoms with van der Waals surface area (Å²) in [5.41, 5.74) is 9.16. The first-order valence-electron chi connectivity index (χ1n) is 5.96. The first-order chi connectivity index (χ1) is 8.69. The Kier molecular flexibility index (Phi) is 4.33. The topological polar surface area (TPSA) is 51.8 Å². The van der Waals surface area contributed by atoms with Crippen LogP contribution in [0.15, 0.2) is 40.5 Å². The molecule has 18 heavy (non-hydrogen) atoms. The number of nitrogens with two attached hydrogens (primary N) is 1. The first kappa shape index (κ1) is 13.1. The molecule has 0 aliphatic heterocycles. The van der Waals surface area contributed by atoms with Crippen molar-refractivity contribution in [1.29, 1.82) is 0 Å². The van der Waals surface area contributed by atoms with Crippen molar-refractivity contribution >= 4 is 11.8 Å². The van der Waals surface area contributed by atoms with Gasteiger partial charge in [-0.2, -0.15) is 0 Å². The van der Waals surface area contributed by atoms with E-state index in [1.165, 1.54) is 16.0 Å². The van der Waals surface area contributed by atoms with E-state index in [9.17, 15) is 0 Å². The van der Waals surface area contributed by atoms with Gasteiger partial charge in [0.15, 0.2) is 5.16 Å². The molecule has 1 aromatic carbocycles. The molecule has 4 heteroatoms. The highest BCUT2D eigenvalue weighted by Gasteiger charge is 2.03. The maximum Gasteiger partial charge on any atom is 0.192 e. The van der Waals surface area contributed by atoms with Gasteiger partial charge in [0, 0.05) is 16.8 Å². The van der Waals surface area contributed by atoms with Gasteiger partial charge in [0.1, 0.15) is 0 Å². The van der Waals surface area contributed by atoms with Crippen LogP contribution in [0.25, 0.3) is 0 Å². The lowest BCUT2D eigenvalue weighted by Crippen LogP contribution is -2.03. The second-order valence-corrected chi connectivity index (χ2v) is 5.25. The van der Waals surface area contributed by atoms with Gasteiger partial charge in [-0.3, -0.25) is 0 Å². The Labute approximate surface area is 112 Å². The molecule has 2 aromatic rings. The molecule has 1 aromatic heterocycles. The number of aromatic nitrogens is 2. The van der Waals surface area contributed by atoms with Gasteiger partial charge in [-0.15, -0.1) is 0 Å². The van der Waals surface area contributed by atoms with E-state index in [1.54, 1.807) is 18.0 Å². The fourth-order valence-electron chi connectivity index (χ4n) is 1.75. The summed E-state index contributed by atoms with van der Waals surface area (Å²) in [4.78, 5) is 9.81. The van der Waals surface area contributed by atoms with E-state index in [1.807, 2.05) is 13.0 Å². The van der Waals surface area contributed by atoms with E-state index in [4.69, 9.17) is 5.73 Å². The molecule has 0 fully saturated rings. The second kappa shape index (κ2) is 5.98. The highest BCUT2D eigenvalue weighted by atomic mass is 32.2. The average molecular weight is 259 g/mol. The van der Waals surface area contributed by atoms with Crippen molar-refractivity contribution < 1.29 is 0 Å². The van der Waals surface area contributed by atoms with Gasteiger partial charge < -0.3 is 5.73 Å². The van der Waals surface area contributed by atoms with Gasteiger partial charge in [-0.05, 0) is 67.9 Å². The SMILES string of the molecule is Cc1ccnc(Sc2ccc(CCN)c(C)c2)n1. The standard InChI is InChI=1S/C14H17N3S/c1-10-9-13(4-3-12(10)5-7-15)18-14-16-8-6-11(2)17-14/h3-4,6,8-9H,5,7,15H2,1-2H3. The third-order valence-electron chi connectivity index (χ3n) is 2.71. The zero-order valence-electron chi connectivity index (χ0n) is 10.7. The zero-order chi connectivity index (χ0) is 13.0. The van der Waals surface area contributed by atoms with Crippen molar-refractivity contribution in [3.63, 3.8) is 0 Å². The van der Waals surface area contributed by atoms with Crippen LogP contribution in [0.3, 0.4) is 0 Å². The number of hydrogen-bond donors (Lipinski definition) is 1. The van der Waals surface area contributed by atoms with Crippen LogP contribution in [0.1, 0.15) is 16.8 Å². The van der Waals surface area contributed by atoms with E-state index in [0.29, 0.717) is 6.54 Å². The van der Waals surface area contributed by atoms with Crippen molar-refractivity contribution in [2.45, 2.75) is 30.3 Å². The molecule has 0 unspecified atom stereocenters. The van der Waals surface area contributed by atoms with Crippen LogP contribution in [0.5, 0.6) is 0 Å². The molecule has 0 aliphatic rings. The predicted octanol–water partition coefficient (Wildman–Crippen LogP) is 2.75. The molecule has 0 saturated carbocycles. The van der Waals surface area contributed by atoms with Crippen molar-refractivity contribution in [2.24, 2.45) is 5.73 Å². The molecule has 2 N–H and O–H groups in total. The smallest absolute Gasteiger partial charge is 0.192 e. The number of hydrogen-bond acceptors (Lipinski definition) is 4. The van der Waals surface area contributed by atoms with Crippen molar-refractivity contribution in [1.82, 2.24) is 9.97 Å². The van der Waals surface area contributed by atoms with Crippen molar-refractivity contribution in [3.8, 4) is 0 Å². The molecule has 0 spiro atoms. The number of rotatable bonds is 4. The Hall–Kier alpha value is -1.39. The first-order valence-corrected chi connectivity index (χ1v) is 6.78. The Bertz CT molecular complexity index is 540. The summed E-state index contributed by atoms with van der Waals surface area (Å²) in [7, 11) is 0. The van der Waals surface area contributed by atoms with Crippen LogP contribution in [0.4, 0.5) is 0 Å². The minimum Gasteiger partial charge on any atom is -0.330 e. The molecule has 1 heterocycles. The summed E-state index contributed by atoms with van der Waals surface area (Å²) >= 11 is 1.59. The number of aryl methyl sites for hydroxylation is 2. The van der Waals surface area contributed by atoms with Gasteiger partial charge in [0.25, 0.3) is 0 Å². The average Bonchev–Trinajstić information content (AvgIpc) is 2.33. The Balaban J connectivity index is 2.17. The lowest BCUT2D eigenvalue weighted by molar-refractivity contribution is 0.930. The van der Waals surface area contributed by atoms with E-state index < -0.39 is 0 Å². The summed E-state index contributed by atoms with van der Waals surface area (Å²) in [5, 5.41) is 0.793. The summed E-state index contributed by atoms with van der Waals surface area (Å²) in [5.74, 6) is 0. The molecule has 2 rings (SSSR count). The van der Waals surface area contributed by atoms with Crippen molar-refractivity contribution in [3.05, 3.63) is 47.3 Å². The van der Waals surface area contributed by atoms with Crippen LogP contribution in [-0.4, -0.2) is 16.5 Å². The van der Waals surface area contributed by atoms with E-state index in [-0.39, 0.29) is 0 Å². The Morgan fingerprint density at radius 1 is 1.22 bits per heavy atom. The summed E-state index contributed by atoms with van der Waals surface area (Å²) < 4.78 is 0. The van der Waals surface area contributed by atoms with E-state index in [2.05, 4.69) is 35.1 Å². The van der Waals surface area contributed by atoms with Gasteiger partial charge in [-0.1, -0.05) is 6.07 Å². The normalized spacial score (nSPS) is 10.6. The number of benzene rings is 1. The molecule has 0 atom stereocenters. The van der Waals surface area contributed by atoms with Crippen LogP contribution in [0, 0.1) is 13.8 Å². The minimum absolute atomic E-state index is 0.689. The molecule has 94 valence electrons. The maximum absolute atomic E-state index is 5.58. The van der Waals surface area contributed by atoms with Crippen LogP contribution in [-0.2, 0) is 6.42 Å². The van der Waals surface area contributed by atoms with E-state index >= 15 is 0 Å². The quantitative estimate of drug-likeness (QED) is 0.858. The molecule has 0 amide bonds. The third-order valence-corrected chi connectivity index (χ3v) is 3.58. The predicted molar refractivity (Wildman–Crippen MR) is 74.8 cm³/mol. The van der Waals surface area contributed by atoms with E-state index in [0.717, 1.165) is 17.3 Å². The Morgan fingerprint density at radius 2 is 2.06 bits per heavy atom. The monoisotopic (exact) mass is 259 g/mol. The molecular formula is C14H17N3S. The summed E-state index contributed by atoms with van der Waals surface area (Å²) in [6.45, 7) is 4.78. The molecule has 3 nitrogen and oxygen atoms in total. The molecular weight excluding hydrogens is 242 g/mol. The van der Waals surface area contributed by atoms with Crippen molar-refractivity contribution in [2.75, 3.05) is 6.54 Å². The highest BCUT2D eigenvalue weighted by molar-refractivity contribution is 7.99. The lowest BCUT2D eigenvalue weighted by atomic mass is 10.1. The second-order valence-electron chi connectivity index (χ2n) is 4.21. The van der Waals surface area contributed by atoms with Gasteiger partial charge >= 0.3 is 0 Å². The van der Waals surface area contributed by atoms with Gasteiger partial charge in [-0.25, -0.2) is 9.97 Å². The maximum atomic E-state index is 5.58. The fraction of sp³-hybridized carbons (Fsp3) is 0.286. The van der Waals surface area contributed by atoms with Gasteiger partial charge in [0.05, 0.1) is 0 Å². The fourth-order valence-corrected chi connectivity index (χ4v) is 2.63. The largest absolute Gasteiger partial charge is 0.330 e. The third kappa shape index (κ3) is 3.31. The Morgan fingerprint density at radius 3 is 2.72 bits per heavy atom. The summed E-state index contributed by atoms with van der Waals surface area (Å²) in [6.07, 6.45) is 2.72. The van der Waals surface area contributed by atoms with Crippen LogP contribution < -0.4 is 5.73 Å². The minimum atomic E-state index is 0.689.